The molecular formula is C20H33N5. The molecule has 1 aliphatic carbocycles. The van der Waals surface area contributed by atoms with Crippen molar-refractivity contribution < 1.29 is 0 Å². The fourth-order valence-electron chi connectivity index (χ4n) is 3.75. The fourth-order valence-corrected chi connectivity index (χ4v) is 3.75. The molecule has 0 unspecified atom stereocenters. The second-order valence-electron chi connectivity index (χ2n) is 7.25. The van der Waals surface area contributed by atoms with Gasteiger partial charge in [-0.2, -0.15) is 0 Å². The number of nitrogens with zero attached hydrogens (tertiary/aromatic N) is 3. The first-order valence-corrected chi connectivity index (χ1v) is 10.1. The van der Waals surface area contributed by atoms with E-state index < -0.39 is 0 Å². The van der Waals surface area contributed by atoms with Gasteiger partial charge in [0, 0.05) is 31.9 Å². The van der Waals surface area contributed by atoms with Crippen LogP contribution in [0.1, 0.15) is 63.9 Å². The van der Waals surface area contributed by atoms with Crippen LogP contribution in [0.15, 0.2) is 23.3 Å². The molecule has 5 heteroatoms. The van der Waals surface area contributed by atoms with Gasteiger partial charge in [0.1, 0.15) is 5.82 Å². The van der Waals surface area contributed by atoms with Gasteiger partial charge in [0.25, 0.3) is 0 Å². The zero-order valence-electron chi connectivity index (χ0n) is 15.6. The molecule has 3 rings (SSSR count). The summed E-state index contributed by atoms with van der Waals surface area (Å²) < 4.78 is 0. The van der Waals surface area contributed by atoms with Gasteiger partial charge in [-0.05, 0) is 44.2 Å². The molecule has 2 aliphatic rings. The van der Waals surface area contributed by atoms with Crippen LogP contribution in [-0.2, 0) is 6.54 Å². The number of aromatic nitrogens is 1. The van der Waals surface area contributed by atoms with E-state index in [2.05, 4.69) is 39.6 Å². The van der Waals surface area contributed by atoms with Crippen molar-refractivity contribution >= 4 is 11.8 Å². The monoisotopic (exact) mass is 343 g/mol. The van der Waals surface area contributed by atoms with Crippen LogP contribution >= 0.6 is 0 Å². The Balaban J connectivity index is 1.56. The molecule has 1 saturated heterocycles. The Morgan fingerprint density at radius 3 is 2.52 bits per heavy atom. The van der Waals surface area contributed by atoms with Crippen molar-refractivity contribution in [3.8, 4) is 0 Å². The first-order chi connectivity index (χ1) is 12.3. The predicted molar refractivity (Wildman–Crippen MR) is 105 cm³/mol. The van der Waals surface area contributed by atoms with Crippen LogP contribution in [-0.4, -0.2) is 36.6 Å². The van der Waals surface area contributed by atoms with Gasteiger partial charge in [0.2, 0.25) is 0 Å². The van der Waals surface area contributed by atoms with E-state index >= 15 is 0 Å². The van der Waals surface area contributed by atoms with Crippen LogP contribution < -0.4 is 15.5 Å². The topological polar surface area (TPSA) is 52.6 Å². The summed E-state index contributed by atoms with van der Waals surface area (Å²) in [5.41, 5.74) is 1.17. The third-order valence-corrected chi connectivity index (χ3v) is 5.20. The van der Waals surface area contributed by atoms with Crippen molar-refractivity contribution in [3.63, 3.8) is 0 Å². The first-order valence-electron chi connectivity index (χ1n) is 10.1. The molecule has 5 nitrogen and oxygen atoms in total. The maximum atomic E-state index is 4.75. The predicted octanol–water partition coefficient (Wildman–Crippen LogP) is 3.46. The third-order valence-electron chi connectivity index (χ3n) is 5.20. The zero-order chi connectivity index (χ0) is 17.3. The smallest absolute Gasteiger partial charge is 0.191 e. The van der Waals surface area contributed by atoms with Crippen LogP contribution in [0.2, 0.25) is 0 Å². The standard InChI is InChI=1S/C20H33N5/c1-2-21-20(24-18-9-5-6-10-18)23-16-17-11-12-19(22-15-17)25-13-7-3-4-8-14-25/h11-12,15,18H,2-10,13-14,16H2,1H3,(H2,21,23,24). The first kappa shape index (κ1) is 18.0. The van der Waals surface area contributed by atoms with Crippen LogP contribution in [0.4, 0.5) is 5.82 Å². The molecule has 2 N–H and O–H groups in total. The molecule has 0 amide bonds. The number of hydrogen-bond acceptors (Lipinski definition) is 3. The minimum Gasteiger partial charge on any atom is -0.357 e. The van der Waals surface area contributed by atoms with Gasteiger partial charge in [-0.15, -0.1) is 0 Å². The van der Waals surface area contributed by atoms with Crippen molar-refractivity contribution in [2.24, 2.45) is 4.99 Å². The number of anilines is 1. The molecule has 1 aliphatic heterocycles. The van der Waals surface area contributed by atoms with Crippen molar-refractivity contribution in [2.45, 2.75) is 70.9 Å². The molecular weight excluding hydrogens is 310 g/mol. The van der Waals surface area contributed by atoms with Crippen molar-refractivity contribution in [1.82, 2.24) is 15.6 Å². The Bertz CT molecular complexity index is 526. The van der Waals surface area contributed by atoms with E-state index in [4.69, 9.17) is 4.99 Å². The second-order valence-corrected chi connectivity index (χ2v) is 7.25. The maximum Gasteiger partial charge on any atom is 0.191 e. The molecule has 2 fully saturated rings. The molecule has 2 heterocycles. The summed E-state index contributed by atoms with van der Waals surface area (Å²) in [6.45, 7) is 5.96. The minimum atomic E-state index is 0.585. The number of rotatable bonds is 5. The minimum absolute atomic E-state index is 0.585. The van der Waals surface area contributed by atoms with Gasteiger partial charge in [0.05, 0.1) is 6.54 Å². The Morgan fingerprint density at radius 1 is 1.12 bits per heavy atom. The van der Waals surface area contributed by atoms with Crippen molar-refractivity contribution in [2.75, 3.05) is 24.5 Å². The van der Waals surface area contributed by atoms with E-state index in [-0.39, 0.29) is 0 Å². The second kappa shape index (κ2) is 9.64. The fraction of sp³-hybridized carbons (Fsp3) is 0.700. The summed E-state index contributed by atoms with van der Waals surface area (Å²) in [6.07, 6.45) is 12.4. The SMILES string of the molecule is CCNC(=NCc1ccc(N2CCCCCC2)nc1)NC1CCCC1. The molecule has 138 valence electrons. The quantitative estimate of drug-likeness (QED) is 0.635. The average molecular weight is 344 g/mol. The number of pyridine rings is 1. The van der Waals surface area contributed by atoms with E-state index in [0.717, 1.165) is 31.4 Å². The average Bonchev–Trinajstić information content (AvgIpc) is 3.00. The van der Waals surface area contributed by atoms with Crippen molar-refractivity contribution in [1.29, 1.82) is 0 Å². The van der Waals surface area contributed by atoms with Gasteiger partial charge in [0.15, 0.2) is 5.96 Å². The highest BCUT2D eigenvalue weighted by atomic mass is 15.2. The molecule has 25 heavy (non-hydrogen) atoms. The molecule has 0 atom stereocenters. The lowest BCUT2D eigenvalue weighted by molar-refractivity contribution is 0.614. The molecule has 1 saturated carbocycles. The molecule has 0 radical (unpaired) electrons. The van der Waals surface area contributed by atoms with Gasteiger partial charge in [-0.25, -0.2) is 9.98 Å². The summed E-state index contributed by atoms with van der Waals surface area (Å²) in [4.78, 5) is 11.9. The molecule has 0 spiro atoms. The normalized spacial score (nSPS) is 19.7. The van der Waals surface area contributed by atoms with Crippen LogP contribution in [0, 0.1) is 0 Å². The zero-order valence-corrected chi connectivity index (χ0v) is 15.6. The summed E-state index contributed by atoms with van der Waals surface area (Å²) in [7, 11) is 0. The van der Waals surface area contributed by atoms with Crippen LogP contribution in [0.5, 0.6) is 0 Å². The lowest BCUT2D eigenvalue weighted by atomic mass is 10.2. The third kappa shape index (κ3) is 5.62. The van der Waals surface area contributed by atoms with E-state index in [9.17, 15) is 0 Å². The number of hydrogen-bond donors (Lipinski definition) is 2. The van der Waals surface area contributed by atoms with Gasteiger partial charge >= 0.3 is 0 Å². The van der Waals surface area contributed by atoms with E-state index in [1.54, 1.807) is 0 Å². The summed E-state index contributed by atoms with van der Waals surface area (Å²) in [5.74, 6) is 2.05. The molecule has 1 aromatic rings. The highest BCUT2D eigenvalue weighted by molar-refractivity contribution is 5.80. The highest BCUT2D eigenvalue weighted by Gasteiger charge is 2.16. The van der Waals surface area contributed by atoms with Crippen LogP contribution in [0.3, 0.4) is 0 Å². The summed E-state index contributed by atoms with van der Waals surface area (Å²) >= 11 is 0. The Morgan fingerprint density at radius 2 is 1.88 bits per heavy atom. The van der Waals surface area contributed by atoms with E-state index in [1.165, 1.54) is 56.9 Å². The van der Waals surface area contributed by atoms with Gasteiger partial charge in [-0.3, -0.25) is 0 Å². The number of nitrogens with one attached hydrogen (secondary N) is 2. The number of aliphatic imine (C=N–C) groups is 1. The largest absolute Gasteiger partial charge is 0.357 e. The Hall–Kier alpha value is -1.78. The Labute approximate surface area is 152 Å². The van der Waals surface area contributed by atoms with E-state index in [0.29, 0.717) is 12.6 Å². The summed E-state index contributed by atoms with van der Waals surface area (Å²) in [6, 6.07) is 4.92. The van der Waals surface area contributed by atoms with Gasteiger partial charge in [-0.1, -0.05) is 31.7 Å². The Kier molecular flexibility index (Phi) is 6.95. The van der Waals surface area contributed by atoms with Crippen LogP contribution in [0.25, 0.3) is 0 Å². The highest BCUT2D eigenvalue weighted by Crippen LogP contribution is 2.18. The molecule has 1 aromatic heterocycles. The lowest BCUT2D eigenvalue weighted by Crippen LogP contribution is -2.42. The number of guanidine groups is 1. The van der Waals surface area contributed by atoms with E-state index in [1.807, 2.05) is 6.20 Å². The molecule has 0 bridgehead atoms. The molecule has 0 aromatic carbocycles. The van der Waals surface area contributed by atoms with Gasteiger partial charge < -0.3 is 15.5 Å². The summed E-state index contributed by atoms with van der Waals surface area (Å²) in [5, 5.41) is 6.93. The maximum absolute atomic E-state index is 4.75. The lowest BCUT2D eigenvalue weighted by Gasteiger charge is -2.21. The van der Waals surface area contributed by atoms with Crippen molar-refractivity contribution in [3.05, 3.63) is 23.9 Å².